The summed E-state index contributed by atoms with van der Waals surface area (Å²) in [7, 11) is 0. The highest BCUT2D eigenvalue weighted by Crippen LogP contribution is 2.29. The molecular weight excluding hydrogens is 356 g/mol. The summed E-state index contributed by atoms with van der Waals surface area (Å²) >= 11 is 5.64. The molecular formula is C21H24N4OS. The fourth-order valence-corrected chi connectivity index (χ4v) is 3.86. The van der Waals surface area contributed by atoms with E-state index in [1.165, 1.54) is 0 Å². The largest absolute Gasteiger partial charge is 0.492 e. The number of para-hydroxylation sites is 4. The van der Waals surface area contributed by atoms with Gasteiger partial charge in [-0.2, -0.15) is 0 Å². The molecule has 2 heterocycles. The molecule has 0 radical (unpaired) electrons. The van der Waals surface area contributed by atoms with Crippen molar-refractivity contribution in [3.05, 3.63) is 54.4 Å². The van der Waals surface area contributed by atoms with Crippen LogP contribution in [0, 0.1) is 0 Å². The Kier molecular flexibility index (Phi) is 5.25. The van der Waals surface area contributed by atoms with E-state index in [0.717, 1.165) is 59.3 Å². The minimum absolute atomic E-state index is 0.451. The lowest BCUT2D eigenvalue weighted by molar-refractivity contribution is 0.311. The lowest BCUT2D eigenvalue weighted by Gasteiger charge is -2.33. The van der Waals surface area contributed by atoms with E-state index in [1.807, 2.05) is 43.3 Å². The minimum Gasteiger partial charge on any atom is -0.492 e. The van der Waals surface area contributed by atoms with Crippen molar-refractivity contribution in [2.24, 2.45) is 0 Å². The predicted octanol–water partition coefficient (Wildman–Crippen LogP) is 4.54. The van der Waals surface area contributed by atoms with Gasteiger partial charge < -0.3 is 19.9 Å². The van der Waals surface area contributed by atoms with Crippen LogP contribution in [-0.2, 0) is 0 Å². The molecule has 2 N–H and O–H groups in total. The van der Waals surface area contributed by atoms with Crippen LogP contribution in [-0.4, -0.2) is 39.7 Å². The number of ether oxygens (including phenoxy) is 1. The number of hydrogen-bond donors (Lipinski definition) is 2. The molecule has 3 aromatic rings. The molecule has 1 aliphatic rings. The van der Waals surface area contributed by atoms with Gasteiger partial charge in [-0.05, 0) is 56.2 Å². The van der Waals surface area contributed by atoms with Crippen LogP contribution in [0.15, 0.2) is 48.5 Å². The molecule has 0 atom stereocenters. The third-order valence-corrected chi connectivity index (χ3v) is 5.37. The molecule has 140 valence electrons. The number of rotatable bonds is 4. The number of imidazole rings is 1. The summed E-state index contributed by atoms with van der Waals surface area (Å²) in [6.07, 6.45) is 2.07. The van der Waals surface area contributed by atoms with Gasteiger partial charge in [0.2, 0.25) is 0 Å². The second-order valence-corrected chi connectivity index (χ2v) is 7.15. The number of nitrogens with one attached hydrogen (secondary N) is 2. The number of thiocarbonyl (C=S) groups is 1. The van der Waals surface area contributed by atoms with E-state index in [-0.39, 0.29) is 0 Å². The van der Waals surface area contributed by atoms with E-state index in [2.05, 4.69) is 27.3 Å². The van der Waals surface area contributed by atoms with Crippen molar-refractivity contribution in [2.45, 2.75) is 25.7 Å². The van der Waals surface area contributed by atoms with Gasteiger partial charge in [-0.3, -0.25) is 0 Å². The fraction of sp³-hybridized carbons (Fsp3) is 0.333. The maximum Gasteiger partial charge on any atom is 0.173 e. The Morgan fingerprint density at radius 1 is 1.19 bits per heavy atom. The highest BCUT2D eigenvalue weighted by atomic mass is 32.1. The first kappa shape index (κ1) is 17.8. The van der Waals surface area contributed by atoms with Crippen molar-refractivity contribution < 1.29 is 4.74 Å². The van der Waals surface area contributed by atoms with Crippen molar-refractivity contribution in [2.75, 3.05) is 25.0 Å². The van der Waals surface area contributed by atoms with E-state index >= 15 is 0 Å². The SMILES string of the molecule is CCOc1ccccc1NC(=S)N1CCC(c2nc3ccccc3[nH]2)CC1. The van der Waals surface area contributed by atoms with Crippen LogP contribution in [0.2, 0.25) is 0 Å². The normalized spacial score (nSPS) is 15.1. The van der Waals surface area contributed by atoms with Crippen LogP contribution in [0.25, 0.3) is 11.0 Å². The van der Waals surface area contributed by atoms with Gasteiger partial charge in [0.25, 0.3) is 0 Å². The Balaban J connectivity index is 1.38. The molecule has 0 unspecified atom stereocenters. The van der Waals surface area contributed by atoms with E-state index in [0.29, 0.717) is 12.5 Å². The second kappa shape index (κ2) is 7.96. The van der Waals surface area contributed by atoms with Crippen molar-refractivity contribution in [1.82, 2.24) is 14.9 Å². The topological polar surface area (TPSA) is 53.2 Å². The van der Waals surface area contributed by atoms with E-state index in [9.17, 15) is 0 Å². The summed E-state index contributed by atoms with van der Waals surface area (Å²) in [6, 6.07) is 16.1. The van der Waals surface area contributed by atoms with Crippen molar-refractivity contribution in [3.8, 4) is 5.75 Å². The molecule has 0 amide bonds. The van der Waals surface area contributed by atoms with Gasteiger partial charge >= 0.3 is 0 Å². The molecule has 27 heavy (non-hydrogen) atoms. The third kappa shape index (κ3) is 3.90. The first-order valence-electron chi connectivity index (χ1n) is 9.47. The molecule has 6 heteroatoms. The number of hydrogen-bond acceptors (Lipinski definition) is 3. The zero-order valence-corrected chi connectivity index (χ0v) is 16.3. The molecule has 0 spiro atoms. The Labute approximate surface area is 164 Å². The molecule has 0 saturated carbocycles. The van der Waals surface area contributed by atoms with Crippen molar-refractivity contribution in [1.29, 1.82) is 0 Å². The smallest absolute Gasteiger partial charge is 0.173 e. The Bertz CT molecular complexity index is 898. The first-order chi connectivity index (χ1) is 13.2. The summed E-state index contributed by atoms with van der Waals surface area (Å²) in [6.45, 7) is 4.46. The number of likely N-dealkylation sites (tertiary alicyclic amines) is 1. The lowest BCUT2D eigenvalue weighted by atomic mass is 9.96. The minimum atomic E-state index is 0.451. The molecule has 5 nitrogen and oxygen atoms in total. The molecule has 0 bridgehead atoms. The van der Waals surface area contributed by atoms with E-state index in [4.69, 9.17) is 21.9 Å². The molecule has 1 saturated heterocycles. The second-order valence-electron chi connectivity index (χ2n) is 6.76. The standard InChI is InChI=1S/C21H24N4OS/c1-2-26-19-10-6-5-9-18(19)24-21(27)25-13-11-15(12-14-25)20-22-16-7-3-4-8-17(16)23-20/h3-10,15H,2,11-14H2,1H3,(H,22,23)(H,24,27). The fourth-order valence-electron chi connectivity index (χ4n) is 3.57. The van der Waals surface area contributed by atoms with Gasteiger partial charge in [0.1, 0.15) is 11.6 Å². The molecule has 1 fully saturated rings. The van der Waals surface area contributed by atoms with Crippen LogP contribution in [0.4, 0.5) is 5.69 Å². The van der Waals surface area contributed by atoms with Crippen molar-refractivity contribution in [3.63, 3.8) is 0 Å². The zero-order valence-electron chi connectivity index (χ0n) is 15.4. The van der Waals surface area contributed by atoms with Gasteiger partial charge in [-0.1, -0.05) is 24.3 Å². The maximum absolute atomic E-state index is 5.68. The summed E-state index contributed by atoms with van der Waals surface area (Å²) in [4.78, 5) is 10.5. The number of fused-ring (bicyclic) bond motifs is 1. The summed E-state index contributed by atoms with van der Waals surface area (Å²) in [5.74, 6) is 2.38. The maximum atomic E-state index is 5.68. The Hall–Kier alpha value is -2.60. The number of anilines is 1. The van der Waals surface area contributed by atoms with Crippen LogP contribution in [0.1, 0.15) is 31.5 Å². The molecule has 1 aliphatic heterocycles. The summed E-state index contributed by atoms with van der Waals surface area (Å²) in [5, 5.41) is 4.10. The Morgan fingerprint density at radius 2 is 1.93 bits per heavy atom. The van der Waals surface area contributed by atoms with Crippen molar-refractivity contribution >= 4 is 34.1 Å². The highest BCUT2D eigenvalue weighted by Gasteiger charge is 2.24. The number of H-pyrrole nitrogens is 1. The van der Waals surface area contributed by atoms with Gasteiger partial charge in [-0.25, -0.2) is 4.98 Å². The average molecular weight is 381 g/mol. The molecule has 0 aliphatic carbocycles. The van der Waals surface area contributed by atoms with Gasteiger partial charge in [0.15, 0.2) is 5.11 Å². The number of aromatic amines is 1. The predicted molar refractivity (Wildman–Crippen MR) is 113 cm³/mol. The first-order valence-corrected chi connectivity index (χ1v) is 9.88. The van der Waals surface area contributed by atoms with Gasteiger partial charge in [-0.15, -0.1) is 0 Å². The molecule has 4 rings (SSSR count). The highest BCUT2D eigenvalue weighted by molar-refractivity contribution is 7.80. The number of piperidine rings is 1. The van der Waals surface area contributed by atoms with E-state index < -0.39 is 0 Å². The summed E-state index contributed by atoms with van der Waals surface area (Å²) in [5.41, 5.74) is 3.07. The number of aromatic nitrogens is 2. The average Bonchev–Trinajstić information content (AvgIpc) is 3.14. The monoisotopic (exact) mass is 380 g/mol. The Morgan fingerprint density at radius 3 is 2.70 bits per heavy atom. The van der Waals surface area contributed by atoms with Crippen LogP contribution in [0.5, 0.6) is 5.75 Å². The van der Waals surface area contributed by atoms with Gasteiger partial charge in [0, 0.05) is 19.0 Å². The van der Waals surface area contributed by atoms with Gasteiger partial charge in [0.05, 0.1) is 23.3 Å². The zero-order chi connectivity index (χ0) is 18.6. The molecule has 1 aromatic heterocycles. The molecule has 2 aromatic carbocycles. The third-order valence-electron chi connectivity index (χ3n) is 5.01. The number of benzene rings is 2. The number of nitrogens with zero attached hydrogens (tertiary/aromatic N) is 2. The van der Waals surface area contributed by atoms with Crippen LogP contribution < -0.4 is 10.1 Å². The van der Waals surface area contributed by atoms with E-state index in [1.54, 1.807) is 0 Å². The lowest BCUT2D eigenvalue weighted by Crippen LogP contribution is -2.40. The quantitative estimate of drug-likeness (QED) is 0.651. The van der Waals surface area contributed by atoms with Crippen LogP contribution in [0.3, 0.4) is 0 Å². The summed E-state index contributed by atoms with van der Waals surface area (Å²) < 4.78 is 5.68. The van der Waals surface area contributed by atoms with Crippen LogP contribution >= 0.6 is 12.2 Å².